The summed E-state index contributed by atoms with van der Waals surface area (Å²) in [7, 11) is 0. The summed E-state index contributed by atoms with van der Waals surface area (Å²) in [5.41, 5.74) is 2.07. The third-order valence-corrected chi connectivity index (χ3v) is 5.83. The number of hydrogen-bond donors (Lipinski definition) is 1. The molecule has 3 aromatic rings. The molecule has 0 radical (unpaired) electrons. The van der Waals surface area contributed by atoms with Gasteiger partial charge in [0.2, 0.25) is 0 Å². The fraction of sp³-hybridized carbons (Fsp3) is 0.333. The second kappa shape index (κ2) is 8.04. The largest absolute Gasteiger partial charge is 0.367 e. The summed E-state index contributed by atoms with van der Waals surface area (Å²) < 4.78 is 29.2. The molecule has 5 nitrogen and oxygen atoms in total. The van der Waals surface area contributed by atoms with Gasteiger partial charge in [-0.2, -0.15) is 0 Å². The number of benzene rings is 2. The van der Waals surface area contributed by atoms with E-state index in [2.05, 4.69) is 9.88 Å². The molecule has 0 spiro atoms. The van der Waals surface area contributed by atoms with Gasteiger partial charge in [0.05, 0.1) is 11.2 Å². The fourth-order valence-electron chi connectivity index (χ4n) is 3.83. The molecule has 0 bridgehead atoms. The molecule has 1 aromatic heterocycles. The van der Waals surface area contributed by atoms with Crippen LogP contribution in [-0.4, -0.2) is 40.6 Å². The van der Waals surface area contributed by atoms with Crippen LogP contribution in [0, 0.1) is 16.3 Å². The number of fused-ring (bicyclic) bond motifs is 1. The second-order valence-corrected chi connectivity index (χ2v) is 7.61. The van der Waals surface area contributed by atoms with Gasteiger partial charge in [-0.05, 0) is 36.8 Å². The molecule has 1 fully saturated rings. The molecule has 1 aliphatic rings. The molecule has 0 amide bonds. The minimum absolute atomic E-state index is 0.197. The predicted molar refractivity (Wildman–Crippen MR) is 113 cm³/mol. The number of piperazine rings is 1. The van der Waals surface area contributed by atoms with E-state index in [0.717, 1.165) is 42.2 Å². The van der Waals surface area contributed by atoms with Gasteiger partial charge in [0.25, 0.3) is 0 Å². The lowest BCUT2D eigenvalue weighted by atomic mass is 10.1. The Hall–Kier alpha value is -2.58. The van der Waals surface area contributed by atoms with Gasteiger partial charge in [-0.15, -0.1) is 0 Å². The van der Waals surface area contributed by atoms with E-state index in [0.29, 0.717) is 30.0 Å². The Morgan fingerprint density at radius 3 is 2.52 bits per heavy atom. The highest BCUT2D eigenvalue weighted by molar-refractivity contribution is 7.71. The van der Waals surface area contributed by atoms with Crippen molar-refractivity contribution in [1.29, 1.82) is 0 Å². The average Bonchev–Trinajstić information content (AvgIpc) is 2.69. The standard InChI is InChI=1S/C21H22F2N4OS/c1-2-27-20(29)16-5-3-14(11-18(16)24-21(27)28)13-25-7-9-26(10-8-25)19-6-4-15(22)12-17(19)23/h3-6,11-12H,2,7-10,13H2,1H3,(H,24,28). The minimum atomic E-state index is -0.564. The molecule has 4 rings (SSSR count). The van der Waals surface area contributed by atoms with Gasteiger partial charge in [0.1, 0.15) is 16.3 Å². The van der Waals surface area contributed by atoms with Crippen molar-refractivity contribution < 1.29 is 8.78 Å². The first-order chi connectivity index (χ1) is 14.0. The number of anilines is 1. The van der Waals surface area contributed by atoms with Crippen LogP contribution < -0.4 is 10.6 Å². The smallest absolute Gasteiger partial charge is 0.326 e. The van der Waals surface area contributed by atoms with Crippen LogP contribution in [0.1, 0.15) is 12.5 Å². The van der Waals surface area contributed by atoms with Crippen LogP contribution in [0.2, 0.25) is 0 Å². The molecule has 152 valence electrons. The molecule has 1 saturated heterocycles. The lowest BCUT2D eigenvalue weighted by Gasteiger charge is -2.36. The third kappa shape index (κ3) is 3.95. The van der Waals surface area contributed by atoms with E-state index < -0.39 is 11.6 Å². The van der Waals surface area contributed by atoms with Crippen molar-refractivity contribution in [2.75, 3.05) is 31.1 Å². The molecular weight excluding hydrogens is 394 g/mol. The zero-order valence-corrected chi connectivity index (χ0v) is 16.9. The maximum absolute atomic E-state index is 14.0. The van der Waals surface area contributed by atoms with Crippen molar-refractivity contribution in [2.45, 2.75) is 20.0 Å². The Kier molecular flexibility index (Phi) is 5.47. The summed E-state index contributed by atoms with van der Waals surface area (Å²) in [5.74, 6) is -1.09. The van der Waals surface area contributed by atoms with E-state index in [9.17, 15) is 13.6 Å². The minimum Gasteiger partial charge on any atom is -0.367 e. The number of nitrogens with one attached hydrogen (secondary N) is 1. The molecule has 8 heteroatoms. The van der Waals surface area contributed by atoms with Gasteiger partial charge in [0, 0.05) is 50.7 Å². The summed E-state index contributed by atoms with van der Waals surface area (Å²) in [6.45, 7) is 6.02. The number of aromatic nitrogens is 2. The topological polar surface area (TPSA) is 44.3 Å². The Morgan fingerprint density at radius 2 is 1.83 bits per heavy atom. The Balaban J connectivity index is 1.47. The number of aromatic amines is 1. The summed E-state index contributed by atoms with van der Waals surface area (Å²) in [5, 5.41) is 0.863. The highest BCUT2D eigenvalue weighted by Gasteiger charge is 2.20. The van der Waals surface area contributed by atoms with Crippen LogP contribution >= 0.6 is 12.2 Å². The van der Waals surface area contributed by atoms with Gasteiger partial charge in [-0.3, -0.25) is 9.47 Å². The molecule has 2 heterocycles. The van der Waals surface area contributed by atoms with E-state index in [-0.39, 0.29) is 5.69 Å². The Labute approximate surface area is 172 Å². The van der Waals surface area contributed by atoms with Crippen LogP contribution in [0.25, 0.3) is 10.9 Å². The van der Waals surface area contributed by atoms with Gasteiger partial charge >= 0.3 is 5.69 Å². The van der Waals surface area contributed by atoms with E-state index in [1.165, 1.54) is 12.1 Å². The van der Waals surface area contributed by atoms with Crippen molar-refractivity contribution in [2.24, 2.45) is 0 Å². The quantitative estimate of drug-likeness (QED) is 0.659. The van der Waals surface area contributed by atoms with Crippen molar-refractivity contribution in [1.82, 2.24) is 14.5 Å². The monoisotopic (exact) mass is 416 g/mol. The van der Waals surface area contributed by atoms with Gasteiger partial charge in [-0.25, -0.2) is 13.6 Å². The van der Waals surface area contributed by atoms with Crippen LogP contribution in [0.15, 0.2) is 41.2 Å². The molecule has 2 aromatic carbocycles. The third-order valence-electron chi connectivity index (χ3n) is 5.39. The SMILES string of the molecule is CCn1c(=O)[nH]c2cc(CN3CCN(c4ccc(F)cc4F)CC3)ccc2c1=S. The van der Waals surface area contributed by atoms with Gasteiger partial charge < -0.3 is 9.88 Å². The highest BCUT2D eigenvalue weighted by Crippen LogP contribution is 2.22. The molecule has 0 saturated carbocycles. The predicted octanol–water partition coefficient (Wildman–Crippen LogP) is 3.68. The first-order valence-corrected chi connectivity index (χ1v) is 10.0. The van der Waals surface area contributed by atoms with E-state index in [4.69, 9.17) is 12.2 Å². The molecule has 0 atom stereocenters. The maximum atomic E-state index is 14.0. The molecule has 1 aliphatic heterocycles. The number of hydrogen-bond acceptors (Lipinski definition) is 4. The van der Waals surface area contributed by atoms with Crippen molar-refractivity contribution in [3.8, 4) is 0 Å². The highest BCUT2D eigenvalue weighted by atomic mass is 32.1. The number of halogens is 2. The first kappa shape index (κ1) is 19.7. The zero-order chi connectivity index (χ0) is 20.5. The lowest BCUT2D eigenvalue weighted by molar-refractivity contribution is 0.249. The summed E-state index contributed by atoms with van der Waals surface area (Å²) >= 11 is 5.44. The van der Waals surface area contributed by atoms with Crippen molar-refractivity contribution in [3.05, 3.63) is 68.7 Å². The van der Waals surface area contributed by atoms with E-state index in [1.807, 2.05) is 30.0 Å². The lowest BCUT2D eigenvalue weighted by Crippen LogP contribution is -2.46. The fourth-order valence-corrected chi connectivity index (χ4v) is 4.22. The van der Waals surface area contributed by atoms with Crippen LogP contribution in [-0.2, 0) is 13.1 Å². The van der Waals surface area contributed by atoms with Gasteiger partial charge in [0.15, 0.2) is 0 Å². The molecule has 29 heavy (non-hydrogen) atoms. The summed E-state index contributed by atoms with van der Waals surface area (Å²) in [6, 6.07) is 9.67. The van der Waals surface area contributed by atoms with Crippen LogP contribution in [0.3, 0.4) is 0 Å². The molecule has 0 aliphatic carbocycles. The Morgan fingerprint density at radius 1 is 1.07 bits per heavy atom. The summed E-state index contributed by atoms with van der Waals surface area (Å²) in [4.78, 5) is 19.3. The zero-order valence-electron chi connectivity index (χ0n) is 16.1. The van der Waals surface area contributed by atoms with Crippen LogP contribution in [0.4, 0.5) is 14.5 Å². The van der Waals surface area contributed by atoms with Crippen LogP contribution in [0.5, 0.6) is 0 Å². The van der Waals surface area contributed by atoms with E-state index >= 15 is 0 Å². The maximum Gasteiger partial charge on any atom is 0.326 e. The first-order valence-electron chi connectivity index (χ1n) is 9.64. The van der Waals surface area contributed by atoms with Crippen molar-refractivity contribution in [3.63, 3.8) is 0 Å². The average molecular weight is 416 g/mol. The number of rotatable bonds is 4. The molecule has 1 N–H and O–H groups in total. The summed E-state index contributed by atoms with van der Waals surface area (Å²) in [6.07, 6.45) is 0. The second-order valence-electron chi connectivity index (χ2n) is 7.22. The Bertz CT molecular complexity index is 1170. The normalized spacial score (nSPS) is 15.2. The molecule has 0 unspecified atom stereocenters. The van der Waals surface area contributed by atoms with Gasteiger partial charge in [-0.1, -0.05) is 18.3 Å². The number of nitrogens with zero attached hydrogens (tertiary/aromatic N) is 3. The van der Waals surface area contributed by atoms with Crippen molar-refractivity contribution >= 4 is 28.8 Å². The van der Waals surface area contributed by atoms with E-state index in [1.54, 1.807) is 4.57 Å². The molecular formula is C21H22F2N4OS. The number of H-pyrrole nitrogens is 1.